The number of nitrogens with two attached hydrogens (primary N) is 1. The number of hydrogen-bond donors (Lipinski definition) is 1. The number of halogens is 1. The summed E-state index contributed by atoms with van der Waals surface area (Å²) in [7, 11) is 1.37. The third kappa shape index (κ3) is 2.69. The van der Waals surface area contributed by atoms with E-state index >= 15 is 0 Å². The molecular formula is C16H19FN2O5. The molecule has 0 unspecified atom stereocenters. The van der Waals surface area contributed by atoms with Gasteiger partial charge in [0.25, 0.3) is 0 Å². The molecule has 1 aromatic carbocycles. The van der Waals surface area contributed by atoms with Crippen molar-refractivity contribution in [3.63, 3.8) is 0 Å². The minimum Gasteiger partial charge on any atom is -0.492 e. The molecule has 1 aliphatic carbocycles. The Hall–Kier alpha value is -2.61. The molecule has 2 aromatic rings. The lowest BCUT2D eigenvalue weighted by molar-refractivity contribution is 0.0524. The van der Waals surface area contributed by atoms with Crippen molar-refractivity contribution in [1.82, 2.24) is 4.57 Å². The molecule has 3 rings (SSSR count). The Kier molecular flexibility index (Phi) is 4.79. The molecule has 24 heavy (non-hydrogen) atoms. The predicted octanol–water partition coefficient (Wildman–Crippen LogP) is 1.42. The lowest BCUT2D eigenvalue weighted by atomic mass is 10.1. The second kappa shape index (κ2) is 6.48. The average molecular weight is 338 g/mol. The van der Waals surface area contributed by atoms with Crippen molar-refractivity contribution >= 4 is 22.6 Å². The molecule has 7 nitrogen and oxygen atoms in total. The molecule has 0 bridgehead atoms. The molecule has 1 aromatic heterocycles. The fourth-order valence-corrected chi connectivity index (χ4v) is 2.67. The van der Waals surface area contributed by atoms with Crippen LogP contribution in [0, 0.1) is 5.82 Å². The number of rotatable bonds is 4. The van der Waals surface area contributed by atoms with Crippen molar-refractivity contribution in [3.8, 4) is 5.75 Å². The van der Waals surface area contributed by atoms with E-state index in [9.17, 15) is 14.0 Å². The summed E-state index contributed by atoms with van der Waals surface area (Å²) >= 11 is 0. The van der Waals surface area contributed by atoms with Gasteiger partial charge in [-0.3, -0.25) is 4.79 Å². The predicted molar refractivity (Wildman–Crippen MR) is 87.0 cm³/mol. The quantitative estimate of drug-likeness (QED) is 0.668. The molecule has 0 radical (unpaired) electrons. The number of carbonyl (C=O) groups is 1. The van der Waals surface area contributed by atoms with E-state index in [1.165, 1.54) is 13.3 Å². The van der Waals surface area contributed by atoms with E-state index in [0.717, 1.165) is 18.9 Å². The standard InChI is InChI=1S/C16H17FN2O4.H2O/c1-3-23-16(21)10-7-19(8-4-5-8)13-9(14(10)20)6-11(17)12(18)15(13)22-2;/h6-8H,3-5,18H2,1-2H3;1H2. The lowest BCUT2D eigenvalue weighted by Crippen LogP contribution is -2.21. The Labute approximate surface area is 137 Å². The molecule has 0 spiro atoms. The molecule has 0 amide bonds. The zero-order valence-electron chi connectivity index (χ0n) is 13.4. The number of fused-ring (bicyclic) bond motifs is 1. The second-order valence-corrected chi connectivity index (χ2v) is 5.43. The average Bonchev–Trinajstić information content (AvgIpc) is 3.35. The van der Waals surface area contributed by atoms with Crippen molar-refractivity contribution in [2.75, 3.05) is 19.5 Å². The minimum absolute atomic E-state index is 0. The summed E-state index contributed by atoms with van der Waals surface area (Å²) < 4.78 is 25.9. The topological polar surface area (TPSA) is 115 Å². The first-order valence-corrected chi connectivity index (χ1v) is 7.37. The summed E-state index contributed by atoms with van der Waals surface area (Å²) in [6, 6.07) is 1.18. The van der Waals surface area contributed by atoms with Crippen molar-refractivity contribution < 1.29 is 24.1 Å². The van der Waals surface area contributed by atoms with Crippen LogP contribution in [0.5, 0.6) is 5.75 Å². The van der Waals surface area contributed by atoms with Crippen molar-refractivity contribution in [3.05, 3.63) is 33.9 Å². The molecule has 0 saturated heterocycles. The molecule has 0 aliphatic heterocycles. The first kappa shape index (κ1) is 17.7. The highest BCUT2D eigenvalue weighted by Crippen LogP contribution is 2.41. The number of hydrogen-bond acceptors (Lipinski definition) is 5. The van der Waals surface area contributed by atoms with E-state index < -0.39 is 17.2 Å². The first-order valence-electron chi connectivity index (χ1n) is 7.37. The largest absolute Gasteiger partial charge is 0.492 e. The maximum atomic E-state index is 14.0. The van der Waals surface area contributed by atoms with E-state index in [2.05, 4.69) is 0 Å². The van der Waals surface area contributed by atoms with Gasteiger partial charge in [-0.1, -0.05) is 0 Å². The highest BCUT2D eigenvalue weighted by molar-refractivity contribution is 5.97. The maximum absolute atomic E-state index is 14.0. The summed E-state index contributed by atoms with van der Waals surface area (Å²) in [5, 5.41) is 0.0611. The lowest BCUT2D eigenvalue weighted by Gasteiger charge is -2.17. The molecule has 1 saturated carbocycles. The molecule has 1 aliphatic rings. The molecule has 1 fully saturated rings. The van der Waals surface area contributed by atoms with Crippen LogP contribution in [0.25, 0.3) is 10.9 Å². The molecule has 130 valence electrons. The van der Waals surface area contributed by atoms with Crippen LogP contribution in [-0.4, -0.2) is 29.7 Å². The second-order valence-electron chi connectivity index (χ2n) is 5.43. The summed E-state index contributed by atoms with van der Waals surface area (Å²) in [6.07, 6.45) is 3.27. The van der Waals surface area contributed by atoms with Gasteiger partial charge in [-0.15, -0.1) is 0 Å². The summed E-state index contributed by atoms with van der Waals surface area (Å²) in [5.74, 6) is -1.36. The number of esters is 1. The molecular weight excluding hydrogens is 319 g/mol. The van der Waals surface area contributed by atoms with E-state index in [4.69, 9.17) is 15.2 Å². The Bertz CT molecular complexity index is 858. The number of nitrogens with zero attached hydrogens (tertiary/aromatic N) is 1. The molecule has 4 N–H and O–H groups in total. The van der Waals surface area contributed by atoms with Gasteiger partial charge in [0.05, 0.1) is 24.6 Å². The monoisotopic (exact) mass is 338 g/mol. The third-order valence-corrected chi connectivity index (χ3v) is 3.90. The zero-order chi connectivity index (χ0) is 16.7. The van der Waals surface area contributed by atoms with Crippen LogP contribution in [0.3, 0.4) is 0 Å². The maximum Gasteiger partial charge on any atom is 0.343 e. The normalized spacial score (nSPS) is 13.5. The smallest absolute Gasteiger partial charge is 0.343 e. The number of anilines is 1. The van der Waals surface area contributed by atoms with E-state index in [1.807, 2.05) is 0 Å². The number of ether oxygens (including phenoxy) is 2. The first-order chi connectivity index (χ1) is 11.0. The number of nitrogen functional groups attached to an aromatic ring is 1. The SMILES string of the molecule is CCOC(=O)c1cn(C2CC2)c2c(OC)c(N)c(F)cc2c1=O.O. The summed E-state index contributed by atoms with van der Waals surface area (Å²) in [5.41, 5.74) is 5.29. The number of pyridine rings is 1. The zero-order valence-corrected chi connectivity index (χ0v) is 13.4. The number of methoxy groups -OCH3 is 1. The van der Waals surface area contributed by atoms with Gasteiger partial charge in [0.15, 0.2) is 11.6 Å². The highest BCUT2D eigenvalue weighted by Gasteiger charge is 2.29. The van der Waals surface area contributed by atoms with Crippen LogP contribution in [0.1, 0.15) is 36.2 Å². The molecule has 0 atom stereocenters. The van der Waals surface area contributed by atoms with Gasteiger partial charge in [-0.05, 0) is 25.8 Å². The van der Waals surface area contributed by atoms with Gasteiger partial charge in [0.2, 0.25) is 5.43 Å². The van der Waals surface area contributed by atoms with Gasteiger partial charge >= 0.3 is 5.97 Å². The van der Waals surface area contributed by atoms with Crippen LogP contribution in [0.2, 0.25) is 0 Å². The van der Waals surface area contributed by atoms with Gasteiger partial charge in [-0.25, -0.2) is 9.18 Å². The van der Waals surface area contributed by atoms with Crippen LogP contribution in [0.15, 0.2) is 17.1 Å². The van der Waals surface area contributed by atoms with Crippen LogP contribution in [-0.2, 0) is 4.74 Å². The van der Waals surface area contributed by atoms with Crippen molar-refractivity contribution in [2.45, 2.75) is 25.8 Å². The van der Waals surface area contributed by atoms with Crippen molar-refractivity contribution in [2.24, 2.45) is 0 Å². The number of aromatic nitrogens is 1. The highest BCUT2D eigenvalue weighted by atomic mass is 19.1. The van der Waals surface area contributed by atoms with Gasteiger partial charge < -0.3 is 25.3 Å². The molecule has 8 heteroatoms. The van der Waals surface area contributed by atoms with E-state index in [0.29, 0.717) is 5.52 Å². The minimum atomic E-state index is -0.755. The number of carbonyl (C=O) groups excluding carboxylic acids is 1. The molecule has 1 heterocycles. The van der Waals surface area contributed by atoms with Crippen LogP contribution in [0.4, 0.5) is 10.1 Å². The van der Waals surface area contributed by atoms with E-state index in [1.54, 1.807) is 11.5 Å². The Balaban J connectivity index is 0.00000208. The van der Waals surface area contributed by atoms with Gasteiger partial charge in [0, 0.05) is 12.2 Å². The van der Waals surface area contributed by atoms with Gasteiger partial charge in [0.1, 0.15) is 11.3 Å². The van der Waals surface area contributed by atoms with Gasteiger partial charge in [-0.2, -0.15) is 0 Å². The summed E-state index contributed by atoms with van der Waals surface area (Å²) in [6.45, 7) is 1.81. The Morgan fingerprint density at radius 3 is 2.67 bits per heavy atom. The fourth-order valence-electron chi connectivity index (χ4n) is 2.67. The van der Waals surface area contributed by atoms with Crippen molar-refractivity contribution in [1.29, 1.82) is 0 Å². The number of benzene rings is 1. The fraction of sp³-hybridized carbons (Fsp3) is 0.375. The van der Waals surface area contributed by atoms with E-state index in [-0.39, 0.29) is 40.5 Å². The van der Waals surface area contributed by atoms with Crippen LogP contribution < -0.4 is 15.9 Å². The third-order valence-electron chi connectivity index (χ3n) is 3.90. The van der Waals surface area contributed by atoms with Crippen LogP contribution >= 0.6 is 0 Å². The summed E-state index contributed by atoms with van der Waals surface area (Å²) in [4.78, 5) is 24.6. The Morgan fingerprint density at radius 2 is 2.12 bits per heavy atom. The Morgan fingerprint density at radius 1 is 1.46 bits per heavy atom.